The monoisotopic (exact) mass is 582 g/mol. The van der Waals surface area contributed by atoms with Crippen LogP contribution in [-0.2, 0) is 9.59 Å². The molecule has 2 amide bonds. The highest BCUT2D eigenvalue weighted by Crippen LogP contribution is 2.50. The SMILES string of the molecule is Cc1ccc(-n2nc(-c3ccccc3)c3c2N(CC(=O)NCCC(C)C)C(=O)CSC3c2ccc3c(c2)OCO3)cc1. The third-order valence-corrected chi connectivity index (χ3v) is 8.71. The molecule has 2 aliphatic heterocycles. The van der Waals surface area contributed by atoms with Gasteiger partial charge >= 0.3 is 0 Å². The molecule has 1 unspecified atom stereocenters. The first-order chi connectivity index (χ1) is 20.4. The van der Waals surface area contributed by atoms with E-state index in [1.54, 1.807) is 4.90 Å². The van der Waals surface area contributed by atoms with Crippen molar-refractivity contribution >= 4 is 29.4 Å². The molecule has 0 bridgehead atoms. The summed E-state index contributed by atoms with van der Waals surface area (Å²) in [6.45, 7) is 6.93. The van der Waals surface area contributed by atoms with Gasteiger partial charge in [0.2, 0.25) is 18.6 Å². The molecule has 0 fully saturated rings. The number of carbonyl (C=O) groups excluding carboxylic acids is 2. The van der Waals surface area contributed by atoms with Crippen molar-refractivity contribution in [3.63, 3.8) is 0 Å². The summed E-state index contributed by atoms with van der Waals surface area (Å²) in [5, 5.41) is 7.91. The summed E-state index contributed by atoms with van der Waals surface area (Å²) >= 11 is 1.53. The molecule has 3 heterocycles. The standard InChI is InChI=1S/C33H34N4O4S/c1-21(2)15-16-34-28(38)18-36-29(39)19-42-32(24-11-14-26-27(17-24)41-20-40-26)30-31(23-7-5-4-6-8-23)35-37(33(30)36)25-12-9-22(3)10-13-25/h4-14,17,21,32H,15-16,18-20H2,1-3H3,(H,34,38). The van der Waals surface area contributed by atoms with E-state index in [-0.39, 0.29) is 36.2 Å². The van der Waals surface area contributed by atoms with E-state index in [4.69, 9.17) is 14.6 Å². The first-order valence-corrected chi connectivity index (χ1v) is 15.3. The fourth-order valence-electron chi connectivity index (χ4n) is 5.23. The normalized spacial score (nSPS) is 16.0. The molecule has 1 atom stereocenters. The van der Waals surface area contributed by atoms with Crippen LogP contribution in [0.15, 0.2) is 72.8 Å². The maximum absolute atomic E-state index is 13.9. The Kier molecular flexibility index (Phi) is 7.93. The van der Waals surface area contributed by atoms with E-state index in [0.717, 1.165) is 40.1 Å². The van der Waals surface area contributed by atoms with Gasteiger partial charge in [0.05, 0.1) is 22.4 Å². The zero-order chi connectivity index (χ0) is 29.2. The number of nitrogens with one attached hydrogen (secondary N) is 1. The van der Waals surface area contributed by atoms with Crippen LogP contribution >= 0.6 is 11.8 Å². The summed E-state index contributed by atoms with van der Waals surface area (Å²) in [5.74, 6) is 2.32. The number of hydrogen-bond acceptors (Lipinski definition) is 6. The van der Waals surface area contributed by atoms with Crippen LogP contribution in [0.2, 0.25) is 0 Å². The minimum Gasteiger partial charge on any atom is -0.454 e. The number of amides is 2. The molecule has 0 spiro atoms. The lowest BCUT2D eigenvalue weighted by Crippen LogP contribution is -2.42. The van der Waals surface area contributed by atoms with Crippen molar-refractivity contribution in [3.8, 4) is 28.4 Å². The number of nitrogens with zero attached hydrogens (tertiary/aromatic N) is 3. The van der Waals surface area contributed by atoms with Crippen molar-refractivity contribution in [2.45, 2.75) is 32.4 Å². The van der Waals surface area contributed by atoms with E-state index in [1.165, 1.54) is 11.8 Å². The molecule has 0 saturated heterocycles. The number of ether oxygens (including phenoxy) is 2. The highest BCUT2D eigenvalue weighted by atomic mass is 32.2. The molecule has 2 aliphatic rings. The van der Waals surface area contributed by atoms with E-state index in [0.29, 0.717) is 29.8 Å². The smallest absolute Gasteiger partial charge is 0.240 e. The van der Waals surface area contributed by atoms with E-state index < -0.39 is 0 Å². The fourth-order valence-corrected chi connectivity index (χ4v) is 6.42. The molecule has 42 heavy (non-hydrogen) atoms. The lowest BCUT2D eigenvalue weighted by atomic mass is 9.99. The topological polar surface area (TPSA) is 85.7 Å². The van der Waals surface area contributed by atoms with Crippen molar-refractivity contribution in [3.05, 3.63) is 89.5 Å². The minimum atomic E-state index is -0.248. The Morgan fingerprint density at radius 1 is 1.05 bits per heavy atom. The van der Waals surface area contributed by atoms with Gasteiger partial charge in [0, 0.05) is 17.7 Å². The molecule has 0 radical (unpaired) electrons. The van der Waals surface area contributed by atoms with Crippen LogP contribution in [0.3, 0.4) is 0 Å². The first-order valence-electron chi connectivity index (χ1n) is 14.2. The lowest BCUT2D eigenvalue weighted by molar-refractivity contribution is -0.122. The zero-order valence-corrected chi connectivity index (χ0v) is 24.8. The molecule has 3 aromatic carbocycles. The average Bonchev–Trinajstić information content (AvgIpc) is 3.58. The second-order valence-electron chi connectivity index (χ2n) is 11.0. The van der Waals surface area contributed by atoms with Crippen LogP contribution < -0.4 is 19.7 Å². The van der Waals surface area contributed by atoms with Crippen molar-refractivity contribution in [1.82, 2.24) is 15.1 Å². The van der Waals surface area contributed by atoms with Gasteiger partial charge in [-0.15, -0.1) is 11.8 Å². The Hall–Kier alpha value is -4.24. The maximum Gasteiger partial charge on any atom is 0.240 e. The van der Waals surface area contributed by atoms with Crippen molar-refractivity contribution < 1.29 is 19.1 Å². The molecule has 1 N–H and O–H groups in total. The Morgan fingerprint density at radius 3 is 2.57 bits per heavy atom. The van der Waals surface area contributed by atoms with Gasteiger partial charge in [-0.25, -0.2) is 4.68 Å². The summed E-state index contributed by atoms with van der Waals surface area (Å²) < 4.78 is 13.1. The Morgan fingerprint density at radius 2 is 1.81 bits per heavy atom. The van der Waals surface area contributed by atoms with Crippen molar-refractivity contribution in [1.29, 1.82) is 0 Å². The van der Waals surface area contributed by atoms with Gasteiger partial charge in [-0.2, -0.15) is 5.10 Å². The molecular formula is C33H34N4O4S. The zero-order valence-electron chi connectivity index (χ0n) is 24.0. The largest absolute Gasteiger partial charge is 0.454 e. The van der Waals surface area contributed by atoms with Crippen LogP contribution in [0, 0.1) is 12.8 Å². The van der Waals surface area contributed by atoms with Crippen molar-refractivity contribution in [2.24, 2.45) is 5.92 Å². The Labute approximate surface area is 250 Å². The average molecular weight is 583 g/mol. The summed E-state index contributed by atoms with van der Waals surface area (Å²) in [4.78, 5) is 28.7. The number of fused-ring (bicyclic) bond motifs is 2. The van der Waals surface area contributed by atoms with Gasteiger partial charge in [0.25, 0.3) is 0 Å². The van der Waals surface area contributed by atoms with E-state index in [9.17, 15) is 9.59 Å². The highest BCUT2D eigenvalue weighted by molar-refractivity contribution is 8.00. The quantitative estimate of drug-likeness (QED) is 0.278. The molecule has 1 aromatic heterocycles. The molecule has 216 valence electrons. The van der Waals surface area contributed by atoms with E-state index in [2.05, 4.69) is 19.2 Å². The Bertz CT molecular complexity index is 1600. The number of aromatic nitrogens is 2. The van der Waals surface area contributed by atoms with Crippen LogP contribution in [0.5, 0.6) is 11.5 Å². The van der Waals surface area contributed by atoms with Crippen LogP contribution in [0.25, 0.3) is 16.9 Å². The predicted octanol–water partition coefficient (Wildman–Crippen LogP) is 5.91. The molecule has 9 heteroatoms. The van der Waals surface area contributed by atoms with Crippen molar-refractivity contribution in [2.75, 3.05) is 30.5 Å². The third-order valence-electron chi connectivity index (χ3n) is 7.46. The van der Waals surface area contributed by atoms with Gasteiger partial charge in [-0.05, 0) is 49.1 Å². The van der Waals surface area contributed by atoms with Gasteiger partial charge in [-0.3, -0.25) is 14.5 Å². The summed E-state index contributed by atoms with van der Waals surface area (Å²) in [5.41, 5.74) is 5.48. The number of thioether (sulfide) groups is 1. The van der Waals surface area contributed by atoms with Gasteiger partial charge in [0.15, 0.2) is 11.5 Å². The second kappa shape index (κ2) is 11.9. The maximum atomic E-state index is 13.9. The number of carbonyl (C=O) groups is 2. The van der Waals surface area contributed by atoms with Crippen LogP contribution in [-0.4, -0.2) is 47.2 Å². The van der Waals surface area contributed by atoms with Crippen LogP contribution in [0.1, 0.15) is 42.2 Å². The number of hydrogen-bond donors (Lipinski definition) is 1. The fraction of sp³-hybridized carbons (Fsp3) is 0.303. The number of aryl methyl sites for hydroxylation is 1. The lowest BCUT2D eigenvalue weighted by Gasteiger charge is -2.23. The molecule has 8 nitrogen and oxygen atoms in total. The second-order valence-corrected chi connectivity index (χ2v) is 12.1. The highest BCUT2D eigenvalue weighted by Gasteiger charge is 2.38. The van der Waals surface area contributed by atoms with Gasteiger partial charge < -0.3 is 14.8 Å². The number of rotatable bonds is 8. The van der Waals surface area contributed by atoms with Gasteiger partial charge in [-0.1, -0.05) is 67.9 Å². The molecule has 0 aliphatic carbocycles. The summed E-state index contributed by atoms with van der Waals surface area (Å²) in [7, 11) is 0. The molecule has 6 rings (SSSR count). The predicted molar refractivity (Wildman–Crippen MR) is 165 cm³/mol. The minimum absolute atomic E-state index is 0.0931. The molecule has 0 saturated carbocycles. The van der Waals surface area contributed by atoms with E-state index in [1.807, 2.05) is 84.4 Å². The first kappa shape index (κ1) is 27.9. The molecular weight excluding hydrogens is 548 g/mol. The third kappa shape index (κ3) is 5.61. The number of anilines is 1. The summed E-state index contributed by atoms with van der Waals surface area (Å²) in [6.07, 6.45) is 0.867. The number of benzene rings is 3. The van der Waals surface area contributed by atoms with E-state index >= 15 is 0 Å². The summed E-state index contributed by atoms with van der Waals surface area (Å²) in [6, 6.07) is 24.0. The van der Waals surface area contributed by atoms with Gasteiger partial charge in [0.1, 0.15) is 12.4 Å². The molecule has 4 aromatic rings. The van der Waals surface area contributed by atoms with Crippen LogP contribution in [0.4, 0.5) is 5.82 Å². The Balaban J connectivity index is 1.54.